The number of aromatic nitrogens is 4. The maximum atomic E-state index is 14.7. The second kappa shape index (κ2) is 44.1. The summed E-state index contributed by atoms with van der Waals surface area (Å²) in [6, 6.07) is 58.7. The molecule has 0 aliphatic carbocycles. The number of benzene rings is 8. The highest BCUT2D eigenvalue weighted by Crippen LogP contribution is 2.32. The first-order valence-corrected chi connectivity index (χ1v) is 40.0. The summed E-state index contributed by atoms with van der Waals surface area (Å²) < 4.78 is 111. The lowest BCUT2D eigenvalue weighted by molar-refractivity contribution is -0.118. The van der Waals surface area contributed by atoms with Gasteiger partial charge >= 0.3 is 0 Å². The fourth-order valence-corrected chi connectivity index (χ4v) is 13.2. The first-order chi connectivity index (χ1) is 58.8. The summed E-state index contributed by atoms with van der Waals surface area (Å²) in [4.78, 5) is 118. The fourth-order valence-electron chi connectivity index (χ4n) is 13.2. The summed E-state index contributed by atoms with van der Waals surface area (Å²) in [5.41, 5.74) is 13.7. The summed E-state index contributed by atoms with van der Waals surface area (Å²) in [5, 5.41) is 0. The summed E-state index contributed by atoms with van der Waals surface area (Å²) in [7, 11) is 6.84. The van der Waals surface area contributed by atoms with Crippen LogP contribution in [0.2, 0.25) is 0 Å². The minimum atomic E-state index is -0.974. The zero-order chi connectivity index (χ0) is 89.3. The molecule has 0 radical (unpaired) electrons. The predicted octanol–water partition coefficient (Wildman–Crippen LogP) is 21.8. The fraction of sp³-hybridized carbons (Fsp3) is 0.232. The van der Waals surface area contributed by atoms with Gasteiger partial charge in [-0.1, -0.05) is 119 Å². The number of nitrogens with zero attached hydrogens (tertiary/aromatic N) is 8. The minimum absolute atomic E-state index is 0.00748. The maximum Gasteiger partial charge on any atom is 0.226 e. The van der Waals surface area contributed by atoms with Crippen molar-refractivity contribution in [3.8, 4) is 44.5 Å². The van der Waals surface area contributed by atoms with Gasteiger partial charge in [0.05, 0.1) is 22.3 Å². The van der Waals surface area contributed by atoms with E-state index in [9.17, 15) is 73.5 Å². The number of hydrogen-bond donors (Lipinski definition) is 0. The molecule has 0 unspecified atom stereocenters. The van der Waals surface area contributed by atoms with Gasteiger partial charge in [-0.05, 0) is 235 Å². The molecule has 0 N–H and O–H groups in total. The molecular weight excluding hydrogens is 1580 g/mol. The van der Waals surface area contributed by atoms with Crippen molar-refractivity contribution >= 4 is 69.5 Å². The lowest BCUT2D eigenvalue weighted by Crippen LogP contribution is -2.24. The van der Waals surface area contributed by atoms with Gasteiger partial charge in [0.25, 0.3) is 0 Å². The van der Waals surface area contributed by atoms with Crippen molar-refractivity contribution in [2.45, 2.75) is 126 Å². The number of rotatable bonds is 28. The predicted molar refractivity (Wildman–Crippen MR) is 464 cm³/mol. The third kappa shape index (κ3) is 25.5. The average molecular weight is 1680 g/mol. The number of carbonyl (C=O) groups is 8. The van der Waals surface area contributed by atoms with Gasteiger partial charge < -0.3 is 19.6 Å². The van der Waals surface area contributed by atoms with Gasteiger partial charge in [-0.25, -0.2) is 27.5 Å². The second-order valence-corrected chi connectivity index (χ2v) is 29.0. The monoisotopic (exact) mass is 1670 g/mol. The molecule has 123 heavy (non-hydrogen) atoms. The Kier molecular flexibility index (Phi) is 33.4. The molecule has 4 aromatic heterocycles. The van der Waals surface area contributed by atoms with Crippen LogP contribution < -0.4 is 19.6 Å². The normalized spacial score (nSPS) is 10.7. The molecule has 12 aromatic rings. The van der Waals surface area contributed by atoms with Gasteiger partial charge in [0.2, 0.25) is 47.4 Å². The van der Waals surface area contributed by atoms with E-state index in [1.165, 1.54) is 66.9 Å². The van der Waals surface area contributed by atoms with Crippen molar-refractivity contribution in [2.24, 2.45) is 0 Å². The minimum Gasteiger partial charge on any atom is -0.316 e. The average Bonchev–Trinajstić information content (AvgIpc) is 0.828. The van der Waals surface area contributed by atoms with Crippen molar-refractivity contribution in [3.63, 3.8) is 0 Å². The van der Waals surface area contributed by atoms with E-state index in [4.69, 9.17) is 0 Å². The standard InChI is InChI=1S/C26H27FN2O2.C25H24F2N2O2.C24H21F3N2O2.C24H22F2N2O2/c1-5-26(31)29(4)22-12-8-20(9-13-22)21-10-14-23(24(27)16-21)25(30)15-11-19-7-6-17(2)28-18(19)3;1-4-25(31)29(3)20-10-5-18(6-11-20)19-7-12-21(22(26)15-19)23(30)13-8-17-9-14-24(27)28-16(17)2;1-3-23(31)29(2)18-9-4-15(5-10-18)17-6-11-19(20(25)14-17)21(30)12-7-16-8-13-22(26)28-24(16)27;1-3-24(30)28(2)19-9-6-17(7-10-19)18-8-11-20(21(25)14-18)22(29)12-4-16-5-13-23(26)27-15-16/h6-10,12-14,16H,5,11,15H2,1-4H3;5-7,9-12,14-15H,4,8,13H2,1-3H3;4-6,8-11,13-14H,3,7,12H2,1-2H3;5-11,13-15H,3-4,12H2,1-2H3. The molecular formula is C99H94F8N8O8. The number of hydrogen-bond acceptors (Lipinski definition) is 12. The van der Waals surface area contributed by atoms with Crippen LogP contribution in [0.1, 0.15) is 160 Å². The first kappa shape index (κ1) is 93.2. The van der Waals surface area contributed by atoms with Gasteiger partial charge in [0.1, 0.15) is 23.3 Å². The quantitative estimate of drug-likeness (QED) is 0.0255. The van der Waals surface area contributed by atoms with E-state index >= 15 is 0 Å². The highest BCUT2D eigenvalue weighted by Gasteiger charge is 2.22. The van der Waals surface area contributed by atoms with Crippen molar-refractivity contribution in [2.75, 3.05) is 47.8 Å². The van der Waals surface area contributed by atoms with Gasteiger partial charge in [0.15, 0.2) is 23.1 Å². The van der Waals surface area contributed by atoms with Crippen LogP contribution in [0.5, 0.6) is 0 Å². The molecule has 0 aliphatic rings. The third-order valence-electron chi connectivity index (χ3n) is 20.8. The lowest BCUT2D eigenvalue weighted by Gasteiger charge is -2.16. The molecule has 12 rings (SSSR count). The Balaban J connectivity index is 0.000000186. The Labute approximate surface area is 710 Å². The van der Waals surface area contributed by atoms with Gasteiger partial charge in [0, 0.05) is 131 Å². The van der Waals surface area contributed by atoms with Gasteiger partial charge in [-0.2, -0.15) is 22.5 Å². The van der Waals surface area contributed by atoms with Crippen molar-refractivity contribution in [1.82, 2.24) is 19.9 Å². The summed E-state index contributed by atoms with van der Waals surface area (Å²) in [5.74, 6) is -6.75. The van der Waals surface area contributed by atoms with Crippen molar-refractivity contribution in [3.05, 3.63) is 333 Å². The first-order valence-electron chi connectivity index (χ1n) is 40.0. The van der Waals surface area contributed by atoms with Crippen LogP contribution in [0.3, 0.4) is 0 Å². The van der Waals surface area contributed by atoms with Crippen LogP contribution in [0, 0.1) is 67.8 Å². The highest BCUT2D eigenvalue weighted by atomic mass is 19.2. The Bertz CT molecular complexity index is 5370. The van der Waals surface area contributed by atoms with E-state index in [-0.39, 0.29) is 101 Å². The number of ketones is 4. The van der Waals surface area contributed by atoms with Gasteiger partial charge in [-0.3, -0.25) is 43.3 Å². The molecule has 4 amide bonds. The molecule has 0 atom stereocenters. The zero-order valence-electron chi connectivity index (χ0n) is 70.2. The molecule has 24 heteroatoms. The Morgan fingerprint density at radius 3 is 0.829 bits per heavy atom. The SMILES string of the molecule is CCC(=O)N(C)c1ccc(-c2ccc(C(=O)CCc3ccc(C)nc3C)c(F)c2)cc1.CCC(=O)N(C)c1ccc(-c2ccc(C(=O)CCc3ccc(F)nc3)c(F)c2)cc1.CCC(=O)N(C)c1ccc(-c2ccc(C(=O)CCc3ccc(F)nc3C)c(F)c2)cc1.CCC(=O)N(C)c1ccc(-c2ccc(C(=O)CCc3ccc(F)nc3F)c(F)c2)cc1. The summed E-state index contributed by atoms with van der Waals surface area (Å²) in [6.45, 7) is 12.7. The summed E-state index contributed by atoms with van der Waals surface area (Å²) >= 11 is 0. The van der Waals surface area contributed by atoms with E-state index in [1.807, 2.05) is 81.4 Å². The molecule has 634 valence electrons. The molecule has 0 spiro atoms. The van der Waals surface area contributed by atoms with Crippen LogP contribution in [0.15, 0.2) is 225 Å². The van der Waals surface area contributed by atoms with Crippen LogP contribution in [0.4, 0.5) is 57.9 Å². The zero-order valence-corrected chi connectivity index (χ0v) is 70.2. The van der Waals surface area contributed by atoms with Crippen molar-refractivity contribution in [1.29, 1.82) is 0 Å². The summed E-state index contributed by atoms with van der Waals surface area (Å²) in [6.07, 6.45) is 4.58. The van der Waals surface area contributed by atoms with E-state index in [0.717, 1.165) is 73.6 Å². The molecule has 4 heterocycles. The van der Waals surface area contributed by atoms with E-state index in [2.05, 4.69) is 19.9 Å². The van der Waals surface area contributed by atoms with Crippen LogP contribution >= 0.6 is 0 Å². The van der Waals surface area contributed by atoms with Crippen LogP contribution in [0.25, 0.3) is 44.5 Å². The second-order valence-electron chi connectivity index (χ2n) is 29.0. The van der Waals surface area contributed by atoms with Crippen molar-refractivity contribution < 1.29 is 73.5 Å². The van der Waals surface area contributed by atoms with E-state index in [0.29, 0.717) is 78.5 Å². The highest BCUT2D eigenvalue weighted by molar-refractivity contribution is 6.00. The molecule has 16 nitrogen and oxygen atoms in total. The lowest BCUT2D eigenvalue weighted by atomic mass is 9.98. The molecule has 0 fully saturated rings. The Hall–Kier alpha value is -13.6. The number of anilines is 4. The Morgan fingerprint density at radius 2 is 0.553 bits per heavy atom. The number of pyridine rings is 4. The number of aryl methyl sites for hydroxylation is 7. The molecule has 0 aliphatic heterocycles. The van der Waals surface area contributed by atoms with Crippen LogP contribution in [-0.2, 0) is 44.9 Å². The molecule has 0 bridgehead atoms. The smallest absolute Gasteiger partial charge is 0.226 e. The Morgan fingerprint density at radius 1 is 0.285 bits per heavy atom. The largest absolute Gasteiger partial charge is 0.316 e. The molecule has 8 aromatic carbocycles. The van der Waals surface area contributed by atoms with Gasteiger partial charge in [-0.15, -0.1) is 0 Å². The number of Topliss-reactive ketones (excluding diaryl/α,β-unsaturated/α-hetero) is 4. The maximum absolute atomic E-state index is 14.7. The number of halogens is 8. The van der Waals surface area contributed by atoms with E-state index < -0.39 is 52.8 Å². The topological polar surface area (TPSA) is 201 Å². The number of amides is 4. The molecule has 0 saturated heterocycles. The third-order valence-corrected chi connectivity index (χ3v) is 20.8. The van der Waals surface area contributed by atoms with E-state index in [1.54, 1.807) is 166 Å². The number of carbonyl (C=O) groups excluding carboxylic acids is 8. The molecule has 0 saturated carbocycles. The van der Waals surface area contributed by atoms with Crippen LogP contribution in [-0.4, -0.2) is 94.9 Å².